The van der Waals surface area contributed by atoms with E-state index in [0.29, 0.717) is 18.0 Å². The van der Waals surface area contributed by atoms with Crippen molar-refractivity contribution < 1.29 is 4.74 Å². The molecule has 2 saturated heterocycles. The van der Waals surface area contributed by atoms with Gasteiger partial charge in [0.1, 0.15) is 0 Å². The Kier molecular flexibility index (Phi) is 5.60. The van der Waals surface area contributed by atoms with E-state index in [1.54, 1.807) is 0 Å². The highest BCUT2D eigenvalue weighted by Crippen LogP contribution is 2.26. The molecule has 0 aliphatic carbocycles. The van der Waals surface area contributed by atoms with Crippen LogP contribution in [0, 0.1) is 5.92 Å². The van der Waals surface area contributed by atoms with Crippen molar-refractivity contribution in [3.8, 4) is 0 Å². The third kappa shape index (κ3) is 3.60. The summed E-state index contributed by atoms with van der Waals surface area (Å²) in [6.45, 7) is 6.52. The van der Waals surface area contributed by atoms with Crippen molar-refractivity contribution in [3.05, 3.63) is 0 Å². The lowest BCUT2D eigenvalue weighted by molar-refractivity contribution is 0.142. The standard InChI is InChI=1S/C13H26N2OS/c1-3-5-14-13(11-4-7-16-9-11)12-10-17-8-6-15(12)2/h11-14H,3-10H2,1-2H3. The summed E-state index contributed by atoms with van der Waals surface area (Å²) in [5.74, 6) is 3.27. The van der Waals surface area contributed by atoms with E-state index in [4.69, 9.17) is 4.74 Å². The van der Waals surface area contributed by atoms with Crippen LogP contribution in [0.4, 0.5) is 0 Å². The lowest BCUT2D eigenvalue weighted by Gasteiger charge is -2.40. The quantitative estimate of drug-likeness (QED) is 0.806. The highest BCUT2D eigenvalue weighted by molar-refractivity contribution is 7.99. The lowest BCUT2D eigenvalue weighted by atomic mass is 9.92. The van der Waals surface area contributed by atoms with Crippen molar-refractivity contribution in [2.75, 3.05) is 44.9 Å². The Morgan fingerprint density at radius 1 is 1.53 bits per heavy atom. The summed E-state index contributed by atoms with van der Waals surface area (Å²) >= 11 is 2.10. The first-order valence-corrected chi connectivity index (χ1v) is 8.07. The molecule has 0 aromatic heterocycles. The maximum absolute atomic E-state index is 5.58. The topological polar surface area (TPSA) is 24.5 Å². The molecule has 0 bridgehead atoms. The second-order valence-corrected chi connectivity index (χ2v) is 6.38. The van der Waals surface area contributed by atoms with Gasteiger partial charge in [-0.25, -0.2) is 0 Å². The smallest absolute Gasteiger partial charge is 0.0510 e. The van der Waals surface area contributed by atoms with Gasteiger partial charge in [-0.05, 0) is 26.4 Å². The SMILES string of the molecule is CCCNC(C1CCOC1)C1CSCCN1C. The van der Waals surface area contributed by atoms with Gasteiger partial charge in [0, 0.05) is 42.7 Å². The van der Waals surface area contributed by atoms with Crippen LogP contribution in [0.2, 0.25) is 0 Å². The second-order valence-electron chi connectivity index (χ2n) is 5.23. The molecule has 2 aliphatic heterocycles. The van der Waals surface area contributed by atoms with Crippen LogP contribution >= 0.6 is 11.8 Å². The van der Waals surface area contributed by atoms with E-state index in [-0.39, 0.29) is 0 Å². The maximum atomic E-state index is 5.58. The molecule has 2 fully saturated rings. The van der Waals surface area contributed by atoms with E-state index in [1.807, 2.05) is 0 Å². The Bertz CT molecular complexity index is 221. The van der Waals surface area contributed by atoms with E-state index in [9.17, 15) is 0 Å². The molecule has 0 radical (unpaired) electrons. The van der Waals surface area contributed by atoms with Crippen LogP contribution in [0.25, 0.3) is 0 Å². The zero-order valence-electron chi connectivity index (χ0n) is 11.2. The van der Waals surface area contributed by atoms with Crippen LogP contribution in [0.1, 0.15) is 19.8 Å². The van der Waals surface area contributed by atoms with Gasteiger partial charge in [0.05, 0.1) is 6.61 Å². The first-order chi connectivity index (χ1) is 8.33. The minimum atomic E-state index is 0.621. The van der Waals surface area contributed by atoms with Gasteiger partial charge in [-0.1, -0.05) is 6.92 Å². The predicted molar refractivity (Wildman–Crippen MR) is 74.8 cm³/mol. The fourth-order valence-corrected chi connectivity index (χ4v) is 4.13. The van der Waals surface area contributed by atoms with Gasteiger partial charge < -0.3 is 15.0 Å². The molecule has 0 aromatic carbocycles. The molecule has 3 unspecified atom stereocenters. The number of nitrogens with one attached hydrogen (secondary N) is 1. The molecule has 2 heterocycles. The average molecular weight is 258 g/mol. The van der Waals surface area contributed by atoms with Crippen LogP contribution in [-0.4, -0.2) is 61.8 Å². The third-order valence-electron chi connectivity index (χ3n) is 3.96. The Morgan fingerprint density at radius 3 is 3.06 bits per heavy atom. The number of likely N-dealkylation sites (N-methyl/N-ethyl adjacent to an activating group) is 1. The first kappa shape index (κ1) is 13.7. The normalized spacial score (nSPS) is 32.8. The summed E-state index contributed by atoms with van der Waals surface area (Å²) in [6, 6.07) is 1.31. The molecule has 0 amide bonds. The molecular weight excluding hydrogens is 232 g/mol. The molecule has 0 aromatic rings. The molecule has 3 atom stereocenters. The van der Waals surface area contributed by atoms with Crippen LogP contribution in [0.3, 0.4) is 0 Å². The van der Waals surface area contributed by atoms with Crippen molar-refractivity contribution in [3.63, 3.8) is 0 Å². The maximum Gasteiger partial charge on any atom is 0.0510 e. The highest BCUT2D eigenvalue weighted by atomic mass is 32.2. The van der Waals surface area contributed by atoms with Gasteiger partial charge >= 0.3 is 0 Å². The van der Waals surface area contributed by atoms with E-state index < -0.39 is 0 Å². The summed E-state index contributed by atoms with van der Waals surface area (Å²) in [6.07, 6.45) is 2.45. The van der Waals surface area contributed by atoms with E-state index in [0.717, 1.165) is 19.8 Å². The van der Waals surface area contributed by atoms with Gasteiger partial charge in [-0.3, -0.25) is 0 Å². The molecule has 0 spiro atoms. The van der Waals surface area contributed by atoms with Gasteiger partial charge in [0.2, 0.25) is 0 Å². The molecule has 4 heteroatoms. The fraction of sp³-hybridized carbons (Fsp3) is 1.00. The predicted octanol–water partition coefficient (Wildman–Crippen LogP) is 1.44. The van der Waals surface area contributed by atoms with Crippen LogP contribution in [-0.2, 0) is 4.74 Å². The number of hydrogen-bond donors (Lipinski definition) is 1. The van der Waals surface area contributed by atoms with Crippen LogP contribution in [0.5, 0.6) is 0 Å². The van der Waals surface area contributed by atoms with Gasteiger partial charge in [-0.2, -0.15) is 11.8 Å². The zero-order chi connectivity index (χ0) is 12.1. The van der Waals surface area contributed by atoms with E-state index in [1.165, 1.54) is 30.9 Å². The highest BCUT2D eigenvalue weighted by Gasteiger charge is 2.34. The summed E-state index contributed by atoms with van der Waals surface area (Å²) in [7, 11) is 2.28. The molecule has 0 saturated carbocycles. The Labute approximate surface area is 110 Å². The van der Waals surface area contributed by atoms with E-state index in [2.05, 4.69) is 35.9 Å². The summed E-state index contributed by atoms with van der Waals surface area (Å²) < 4.78 is 5.58. The molecular formula is C13H26N2OS. The minimum absolute atomic E-state index is 0.621. The number of nitrogens with zero attached hydrogens (tertiary/aromatic N) is 1. The fourth-order valence-electron chi connectivity index (χ4n) is 2.85. The second kappa shape index (κ2) is 6.98. The zero-order valence-corrected chi connectivity index (χ0v) is 12.0. The number of thioether (sulfide) groups is 1. The van der Waals surface area contributed by atoms with Gasteiger partial charge in [0.15, 0.2) is 0 Å². The molecule has 1 N–H and O–H groups in total. The monoisotopic (exact) mass is 258 g/mol. The van der Waals surface area contributed by atoms with Gasteiger partial charge in [-0.15, -0.1) is 0 Å². The molecule has 17 heavy (non-hydrogen) atoms. The summed E-state index contributed by atoms with van der Waals surface area (Å²) in [5.41, 5.74) is 0. The van der Waals surface area contributed by atoms with Crippen molar-refractivity contribution >= 4 is 11.8 Å². The Morgan fingerprint density at radius 2 is 2.41 bits per heavy atom. The van der Waals surface area contributed by atoms with Crippen molar-refractivity contribution in [2.45, 2.75) is 31.8 Å². The molecule has 3 nitrogen and oxygen atoms in total. The van der Waals surface area contributed by atoms with E-state index >= 15 is 0 Å². The number of ether oxygens (including phenoxy) is 1. The first-order valence-electron chi connectivity index (χ1n) is 6.92. The largest absolute Gasteiger partial charge is 0.381 e. The van der Waals surface area contributed by atoms with Crippen LogP contribution in [0.15, 0.2) is 0 Å². The minimum Gasteiger partial charge on any atom is -0.381 e. The third-order valence-corrected chi connectivity index (χ3v) is 5.01. The molecule has 100 valence electrons. The van der Waals surface area contributed by atoms with Crippen molar-refractivity contribution in [2.24, 2.45) is 5.92 Å². The summed E-state index contributed by atoms with van der Waals surface area (Å²) in [5, 5.41) is 3.78. The Hall–Kier alpha value is 0.230. The summed E-state index contributed by atoms with van der Waals surface area (Å²) in [4.78, 5) is 2.54. The van der Waals surface area contributed by atoms with Gasteiger partial charge in [0.25, 0.3) is 0 Å². The Balaban J connectivity index is 1.96. The van der Waals surface area contributed by atoms with Crippen molar-refractivity contribution in [1.82, 2.24) is 10.2 Å². The average Bonchev–Trinajstić information content (AvgIpc) is 2.85. The number of hydrogen-bond acceptors (Lipinski definition) is 4. The molecule has 2 aliphatic rings. The molecule has 2 rings (SSSR count). The lowest BCUT2D eigenvalue weighted by Crippen LogP contribution is -2.56. The number of rotatable bonds is 5. The van der Waals surface area contributed by atoms with Crippen LogP contribution < -0.4 is 5.32 Å². The van der Waals surface area contributed by atoms with Crippen molar-refractivity contribution in [1.29, 1.82) is 0 Å².